The summed E-state index contributed by atoms with van der Waals surface area (Å²) in [7, 11) is 0. The number of nitrogens with zero attached hydrogens (tertiary/aromatic N) is 2. The van der Waals surface area contributed by atoms with Crippen LogP contribution in [0.1, 0.15) is 28.1 Å². The van der Waals surface area contributed by atoms with Gasteiger partial charge in [0.2, 0.25) is 0 Å². The second-order valence-electron chi connectivity index (χ2n) is 5.97. The van der Waals surface area contributed by atoms with Crippen LogP contribution in [0.2, 0.25) is 0 Å². The fraction of sp³-hybridized carbons (Fsp3) is 0.278. The SMILES string of the molecule is O=C(OCc1cccc(C(F)(F)F)c1)C(Cc1ncc[nH]1)C(O)c1nccs1. The number of aromatic nitrogens is 3. The molecule has 0 bridgehead atoms. The summed E-state index contributed by atoms with van der Waals surface area (Å²) in [6.07, 6.45) is -1.05. The zero-order valence-corrected chi connectivity index (χ0v) is 15.2. The molecule has 0 aliphatic carbocycles. The van der Waals surface area contributed by atoms with Gasteiger partial charge in [0.05, 0.1) is 11.5 Å². The number of aliphatic hydroxyl groups excluding tert-OH is 1. The molecule has 28 heavy (non-hydrogen) atoms. The number of carbonyl (C=O) groups is 1. The van der Waals surface area contributed by atoms with Crippen molar-refractivity contribution in [3.63, 3.8) is 0 Å². The van der Waals surface area contributed by atoms with Crippen molar-refractivity contribution < 1.29 is 27.8 Å². The molecule has 1 aromatic carbocycles. The number of carbonyl (C=O) groups excluding carboxylic acids is 1. The van der Waals surface area contributed by atoms with Gasteiger partial charge in [-0.05, 0) is 17.7 Å². The van der Waals surface area contributed by atoms with Crippen LogP contribution >= 0.6 is 11.3 Å². The molecule has 0 saturated carbocycles. The Morgan fingerprint density at radius 2 is 2.11 bits per heavy atom. The van der Waals surface area contributed by atoms with E-state index in [0.29, 0.717) is 10.8 Å². The van der Waals surface area contributed by atoms with Crippen LogP contribution in [0, 0.1) is 5.92 Å². The molecule has 0 amide bonds. The van der Waals surface area contributed by atoms with E-state index in [9.17, 15) is 23.1 Å². The lowest BCUT2D eigenvalue weighted by Crippen LogP contribution is -2.27. The van der Waals surface area contributed by atoms with Crippen LogP contribution in [-0.2, 0) is 28.7 Å². The Balaban J connectivity index is 1.72. The highest BCUT2D eigenvalue weighted by atomic mass is 32.1. The fourth-order valence-corrected chi connectivity index (χ4v) is 3.28. The highest BCUT2D eigenvalue weighted by Gasteiger charge is 2.33. The predicted molar refractivity (Wildman–Crippen MR) is 94.1 cm³/mol. The van der Waals surface area contributed by atoms with Crippen LogP contribution in [-0.4, -0.2) is 26.0 Å². The molecule has 10 heteroatoms. The summed E-state index contributed by atoms with van der Waals surface area (Å²) in [5.41, 5.74) is -0.625. The quantitative estimate of drug-likeness (QED) is 0.581. The van der Waals surface area contributed by atoms with E-state index in [1.807, 2.05) is 0 Å². The number of nitrogens with one attached hydrogen (secondary N) is 1. The van der Waals surface area contributed by atoms with Crippen LogP contribution in [0.5, 0.6) is 0 Å². The third-order valence-electron chi connectivity index (χ3n) is 3.99. The second-order valence-corrected chi connectivity index (χ2v) is 6.89. The molecule has 2 aromatic heterocycles. The lowest BCUT2D eigenvalue weighted by molar-refractivity contribution is -0.154. The second kappa shape index (κ2) is 8.53. The van der Waals surface area contributed by atoms with Gasteiger partial charge in [-0.1, -0.05) is 12.1 Å². The molecule has 0 fully saturated rings. The number of ether oxygens (including phenoxy) is 1. The van der Waals surface area contributed by atoms with Gasteiger partial charge in [0.1, 0.15) is 23.5 Å². The molecule has 2 unspecified atom stereocenters. The standard InChI is InChI=1S/C18H16F3N3O3S/c19-18(20,21)12-3-1-2-11(8-12)10-27-17(26)13(9-14-22-4-5-23-14)15(25)16-24-6-7-28-16/h1-8,13,15,25H,9-10H2,(H,22,23). The maximum absolute atomic E-state index is 12.8. The normalized spacial score (nSPS) is 13.9. The lowest BCUT2D eigenvalue weighted by Gasteiger charge is -2.19. The summed E-state index contributed by atoms with van der Waals surface area (Å²) in [6.45, 7) is -0.345. The summed E-state index contributed by atoms with van der Waals surface area (Å²) in [6, 6.07) is 4.54. The van der Waals surface area contributed by atoms with Gasteiger partial charge in [-0.3, -0.25) is 4.79 Å². The molecule has 0 aliphatic heterocycles. The molecule has 0 radical (unpaired) electrons. The fourth-order valence-electron chi connectivity index (χ4n) is 2.59. The summed E-state index contributed by atoms with van der Waals surface area (Å²) < 4.78 is 43.6. The Bertz CT molecular complexity index is 898. The number of hydrogen-bond acceptors (Lipinski definition) is 6. The number of alkyl halides is 3. The van der Waals surface area contributed by atoms with Gasteiger partial charge in [0.15, 0.2) is 0 Å². The minimum absolute atomic E-state index is 0.0647. The van der Waals surface area contributed by atoms with E-state index in [4.69, 9.17) is 4.74 Å². The van der Waals surface area contributed by atoms with Crippen LogP contribution in [0.3, 0.4) is 0 Å². The van der Waals surface area contributed by atoms with Gasteiger partial charge in [0, 0.05) is 30.4 Å². The monoisotopic (exact) mass is 411 g/mol. The van der Waals surface area contributed by atoms with Gasteiger partial charge < -0.3 is 14.8 Å². The third kappa shape index (κ3) is 4.96. The number of hydrogen-bond donors (Lipinski definition) is 2. The van der Waals surface area contributed by atoms with Gasteiger partial charge >= 0.3 is 12.1 Å². The Morgan fingerprint density at radius 1 is 1.29 bits per heavy atom. The van der Waals surface area contributed by atoms with Crippen molar-refractivity contribution in [2.24, 2.45) is 5.92 Å². The number of aromatic amines is 1. The first-order valence-electron chi connectivity index (χ1n) is 8.23. The molecular formula is C18H16F3N3O3S. The molecule has 2 heterocycles. The van der Waals surface area contributed by atoms with E-state index >= 15 is 0 Å². The average Bonchev–Trinajstić information content (AvgIpc) is 3.37. The number of H-pyrrole nitrogens is 1. The van der Waals surface area contributed by atoms with Crippen LogP contribution in [0.15, 0.2) is 48.2 Å². The minimum Gasteiger partial charge on any atom is -0.461 e. The Morgan fingerprint density at radius 3 is 2.75 bits per heavy atom. The predicted octanol–water partition coefficient (Wildman–Crippen LogP) is 3.52. The number of halogens is 3. The summed E-state index contributed by atoms with van der Waals surface area (Å²) in [5.74, 6) is -1.30. The number of thiazole rings is 1. The highest BCUT2D eigenvalue weighted by molar-refractivity contribution is 7.09. The van der Waals surface area contributed by atoms with Gasteiger partial charge in [-0.2, -0.15) is 13.2 Å². The number of esters is 1. The third-order valence-corrected chi connectivity index (χ3v) is 4.84. The topological polar surface area (TPSA) is 88.1 Å². The average molecular weight is 411 g/mol. The zero-order valence-electron chi connectivity index (χ0n) is 14.4. The van der Waals surface area contributed by atoms with E-state index < -0.39 is 29.7 Å². The Labute approximate surface area is 162 Å². The van der Waals surface area contributed by atoms with E-state index in [1.165, 1.54) is 35.9 Å². The van der Waals surface area contributed by atoms with Crippen molar-refractivity contribution in [1.29, 1.82) is 0 Å². The number of rotatable bonds is 7. The van der Waals surface area contributed by atoms with Crippen LogP contribution in [0.25, 0.3) is 0 Å². The van der Waals surface area contributed by atoms with Crippen molar-refractivity contribution in [3.05, 3.63) is 70.2 Å². The van der Waals surface area contributed by atoms with Gasteiger partial charge in [-0.25, -0.2) is 9.97 Å². The van der Waals surface area contributed by atoms with E-state index in [2.05, 4.69) is 15.0 Å². The smallest absolute Gasteiger partial charge is 0.416 e. The molecule has 0 spiro atoms. The number of aliphatic hydroxyl groups is 1. The van der Waals surface area contributed by atoms with E-state index in [0.717, 1.165) is 12.1 Å². The maximum atomic E-state index is 12.8. The van der Waals surface area contributed by atoms with Crippen molar-refractivity contribution in [1.82, 2.24) is 15.0 Å². The lowest BCUT2D eigenvalue weighted by atomic mass is 9.98. The zero-order chi connectivity index (χ0) is 20.1. The first-order valence-corrected chi connectivity index (χ1v) is 9.11. The summed E-state index contributed by atoms with van der Waals surface area (Å²) in [5, 5.41) is 12.5. The highest BCUT2D eigenvalue weighted by Crippen LogP contribution is 2.30. The van der Waals surface area contributed by atoms with Crippen LogP contribution < -0.4 is 0 Å². The maximum Gasteiger partial charge on any atom is 0.416 e. The number of benzene rings is 1. The Hall–Kier alpha value is -2.72. The molecule has 2 N–H and O–H groups in total. The van der Waals surface area contributed by atoms with Crippen molar-refractivity contribution in [2.45, 2.75) is 25.3 Å². The minimum atomic E-state index is -4.48. The molecule has 148 valence electrons. The van der Waals surface area contributed by atoms with Crippen molar-refractivity contribution >= 4 is 17.3 Å². The van der Waals surface area contributed by atoms with Gasteiger partial charge in [-0.15, -0.1) is 11.3 Å². The van der Waals surface area contributed by atoms with Crippen molar-refractivity contribution in [3.8, 4) is 0 Å². The van der Waals surface area contributed by atoms with Crippen molar-refractivity contribution in [2.75, 3.05) is 0 Å². The first-order chi connectivity index (χ1) is 13.3. The van der Waals surface area contributed by atoms with Crippen LogP contribution in [0.4, 0.5) is 13.2 Å². The molecular weight excluding hydrogens is 395 g/mol. The summed E-state index contributed by atoms with van der Waals surface area (Å²) >= 11 is 1.18. The van der Waals surface area contributed by atoms with E-state index in [-0.39, 0.29) is 18.6 Å². The van der Waals surface area contributed by atoms with Gasteiger partial charge in [0.25, 0.3) is 0 Å². The molecule has 3 aromatic rings. The molecule has 2 atom stereocenters. The first kappa shape index (κ1) is 20.0. The molecule has 6 nitrogen and oxygen atoms in total. The molecule has 0 saturated heterocycles. The Kier molecular flexibility index (Phi) is 6.10. The summed E-state index contributed by atoms with van der Waals surface area (Å²) in [4.78, 5) is 23.5. The van der Waals surface area contributed by atoms with E-state index in [1.54, 1.807) is 11.6 Å². The number of imidazole rings is 1. The molecule has 3 rings (SSSR count). The largest absolute Gasteiger partial charge is 0.461 e. The molecule has 0 aliphatic rings.